The fourth-order valence-corrected chi connectivity index (χ4v) is 4.77. The van der Waals surface area contributed by atoms with E-state index in [0.29, 0.717) is 23.1 Å². The van der Waals surface area contributed by atoms with Gasteiger partial charge in [0.25, 0.3) is 15.9 Å². The van der Waals surface area contributed by atoms with Gasteiger partial charge in [0.05, 0.1) is 22.8 Å². The summed E-state index contributed by atoms with van der Waals surface area (Å²) in [6.45, 7) is 3.77. The Morgan fingerprint density at radius 2 is 1.84 bits per heavy atom. The number of aromatic nitrogens is 1. The van der Waals surface area contributed by atoms with E-state index in [0.717, 1.165) is 5.76 Å². The molecule has 0 aliphatic carbocycles. The van der Waals surface area contributed by atoms with Crippen LogP contribution in [0.15, 0.2) is 82.2 Å². The van der Waals surface area contributed by atoms with E-state index in [4.69, 9.17) is 4.42 Å². The highest BCUT2D eigenvalue weighted by Gasteiger charge is 2.23. The number of carbonyl (C=O) groups is 1. The largest absolute Gasteiger partial charge is 0.464 e. The molecule has 2 heterocycles. The number of pyridine rings is 1. The zero-order valence-corrected chi connectivity index (χ0v) is 18.5. The van der Waals surface area contributed by atoms with Gasteiger partial charge in [0, 0.05) is 13.0 Å². The SMILES string of the molecule is CCC(NC(=O)c1ccccc1NS(=O)(=O)c1cccc2cccnc12)c1ccc(C)o1.[HH]. The van der Waals surface area contributed by atoms with E-state index in [-0.39, 0.29) is 23.6 Å². The third-order valence-corrected chi connectivity index (χ3v) is 6.52. The van der Waals surface area contributed by atoms with Gasteiger partial charge in [-0.25, -0.2) is 8.42 Å². The van der Waals surface area contributed by atoms with Crippen molar-refractivity contribution in [2.75, 3.05) is 4.72 Å². The summed E-state index contributed by atoms with van der Waals surface area (Å²) >= 11 is 0. The van der Waals surface area contributed by atoms with Gasteiger partial charge in [0.15, 0.2) is 0 Å². The second-order valence-corrected chi connectivity index (χ2v) is 9.02. The highest BCUT2D eigenvalue weighted by molar-refractivity contribution is 7.93. The Balaban J connectivity index is 0.00000306. The number of aryl methyl sites for hydroxylation is 1. The molecule has 0 aliphatic heterocycles. The molecular formula is C24H25N3O4S. The van der Waals surface area contributed by atoms with E-state index >= 15 is 0 Å². The summed E-state index contributed by atoms with van der Waals surface area (Å²) in [7, 11) is -3.99. The van der Waals surface area contributed by atoms with Crippen LogP contribution in [-0.4, -0.2) is 19.3 Å². The average molecular weight is 452 g/mol. The molecule has 0 spiro atoms. The lowest BCUT2D eigenvalue weighted by Gasteiger charge is -2.17. The minimum Gasteiger partial charge on any atom is -0.464 e. The number of para-hydroxylation sites is 2. The van der Waals surface area contributed by atoms with Crippen LogP contribution in [0.5, 0.6) is 0 Å². The molecule has 0 fully saturated rings. The van der Waals surface area contributed by atoms with Crippen molar-refractivity contribution in [2.45, 2.75) is 31.2 Å². The van der Waals surface area contributed by atoms with Gasteiger partial charge in [-0.1, -0.05) is 37.3 Å². The van der Waals surface area contributed by atoms with E-state index in [1.165, 1.54) is 6.07 Å². The average Bonchev–Trinajstić information content (AvgIpc) is 3.23. The van der Waals surface area contributed by atoms with Crippen molar-refractivity contribution in [3.05, 3.63) is 90.0 Å². The lowest BCUT2D eigenvalue weighted by molar-refractivity contribution is 0.0931. The lowest BCUT2D eigenvalue weighted by atomic mass is 10.1. The minimum absolute atomic E-state index is 0. The second-order valence-electron chi connectivity index (χ2n) is 7.37. The number of amides is 1. The molecule has 1 atom stereocenters. The predicted molar refractivity (Wildman–Crippen MR) is 125 cm³/mol. The number of furan rings is 1. The number of anilines is 1. The molecule has 2 N–H and O–H groups in total. The third kappa shape index (κ3) is 4.36. The van der Waals surface area contributed by atoms with Crippen molar-refractivity contribution in [3.63, 3.8) is 0 Å². The van der Waals surface area contributed by atoms with E-state index < -0.39 is 15.9 Å². The highest BCUT2D eigenvalue weighted by atomic mass is 32.2. The van der Waals surface area contributed by atoms with Crippen LogP contribution in [0.2, 0.25) is 0 Å². The summed E-state index contributed by atoms with van der Waals surface area (Å²) in [5.74, 6) is 1.00. The monoisotopic (exact) mass is 451 g/mol. The van der Waals surface area contributed by atoms with Crippen LogP contribution in [0.4, 0.5) is 5.69 Å². The molecule has 166 valence electrons. The van der Waals surface area contributed by atoms with Crippen LogP contribution in [0.1, 0.15) is 42.7 Å². The van der Waals surface area contributed by atoms with Crippen LogP contribution in [0.25, 0.3) is 10.9 Å². The van der Waals surface area contributed by atoms with E-state index in [1.54, 1.807) is 54.7 Å². The quantitative estimate of drug-likeness (QED) is 0.409. The predicted octanol–water partition coefficient (Wildman–Crippen LogP) is 5.06. The van der Waals surface area contributed by atoms with Crippen LogP contribution < -0.4 is 10.0 Å². The lowest BCUT2D eigenvalue weighted by Crippen LogP contribution is -2.29. The molecule has 1 unspecified atom stereocenters. The molecule has 4 rings (SSSR count). The molecule has 2 aromatic carbocycles. The number of fused-ring (bicyclic) bond motifs is 1. The third-order valence-electron chi connectivity index (χ3n) is 5.12. The zero-order chi connectivity index (χ0) is 22.7. The molecule has 0 saturated heterocycles. The van der Waals surface area contributed by atoms with Gasteiger partial charge in [0.1, 0.15) is 16.4 Å². The van der Waals surface area contributed by atoms with Gasteiger partial charge in [-0.2, -0.15) is 0 Å². The van der Waals surface area contributed by atoms with E-state index in [9.17, 15) is 13.2 Å². The van der Waals surface area contributed by atoms with E-state index in [2.05, 4.69) is 15.0 Å². The van der Waals surface area contributed by atoms with Crippen molar-refractivity contribution in [1.29, 1.82) is 0 Å². The molecule has 0 aliphatic rings. The molecule has 1 amide bonds. The summed E-state index contributed by atoms with van der Waals surface area (Å²) in [6.07, 6.45) is 2.16. The molecular weight excluding hydrogens is 426 g/mol. The van der Waals surface area contributed by atoms with Crippen molar-refractivity contribution in [1.82, 2.24) is 10.3 Å². The van der Waals surface area contributed by atoms with Crippen molar-refractivity contribution in [2.24, 2.45) is 0 Å². The van der Waals surface area contributed by atoms with Crippen molar-refractivity contribution >= 4 is 32.5 Å². The Morgan fingerprint density at radius 3 is 2.59 bits per heavy atom. The Morgan fingerprint density at radius 1 is 1.06 bits per heavy atom. The Bertz CT molecular complexity index is 1380. The normalized spacial score (nSPS) is 12.4. The first-order valence-corrected chi connectivity index (χ1v) is 11.7. The first-order chi connectivity index (χ1) is 15.4. The molecule has 32 heavy (non-hydrogen) atoms. The van der Waals surface area contributed by atoms with Crippen molar-refractivity contribution < 1.29 is 19.1 Å². The van der Waals surface area contributed by atoms with Gasteiger partial charge in [0.2, 0.25) is 0 Å². The number of nitrogens with one attached hydrogen (secondary N) is 2. The Kier molecular flexibility index (Phi) is 5.96. The van der Waals surface area contributed by atoms with Gasteiger partial charge in [-0.3, -0.25) is 14.5 Å². The first-order valence-electron chi connectivity index (χ1n) is 10.2. The van der Waals surface area contributed by atoms with Crippen molar-refractivity contribution in [3.8, 4) is 0 Å². The molecule has 2 aromatic heterocycles. The standard InChI is InChI=1S/C24H23N3O4S.H2/c1-3-19(21-14-13-16(2)31-21)26-24(28)18-10-4-5-11-20(18)27-32(29,30)22-12-6-8-17-9-7-15-25-23(17)22;/h4-15,19,27H,3H2,1-2H3,(H,26,28);1H. The van der Waals surface area contributed by atoms with Gasteiger partial charge < -0.3 is 9.73 Å². The minimum atomic E-state index is -3.99. The first kappa shape index (κ1) is 21.6. The maximum Gasteiger partial charge on any atom is 0.264 e. The maximum atomic E-state index is 13.2. The summed E-state index contributed by atoms with van der Waals surface area (Å²) in [4.78, 5) is 17.3. The zero-order valence-electron chi connectivity index (χ0n) is 17.7. The molecule has 7 nitrogen and oxygen atoms in total. The van der Waals surface area contributed by atoms with Gasteiger partial charge in [-0.05, 0) is 49.7 Å². The van der Waals surface area contributed by atoms with Crippen LogP contribution in [-0.2, 0) is 10.0 Å². The fourth-order valence-electron chi connectivity index (χ4n) is 3.51. The van der Waals surface area contributed by atoms with E-state index in [1.807, 2.05) is 26.0 Å². The van der Waals surface area contributed by atoms with Crippen LogP contribution >= 0.6 is 0 Å². The molecule has 0 bridgehead atoms. The number of hydrogen-bond acceptors (Lipinski definition) is 5. The smallest absolute Gasteiger partial charge is 0.264 e. The van der Waals surface area contributed by atoms with Gasteiger partial charge >= 0.3 is 0 Å². The molecule has 8 heteroatoms. The number of nitrogens with zero attached hydrogens (tertiary/aromatic N) is 1. The number of rotatable bonds is 7. The summed E-state index contributed by atoms with van der Waals surface area (Å²) in [6, 6.07) is 18.3. The topological polar surface area (TPSA) is 101 Å². The summed E-state index contributed by atoms with van der Waals surface area (Å²) < 4.78 is 34.6. The highest BCUT2D eigenvalue weighted by Crippen LogP contribution is 2.26. The maximum absolute atomic E-state index is 13.2. The Hall–Kier alpha value is -3.65. The number of sulfonamides is 1. The second kappa shape index (κ2) is 8.84. The number of benzene rings is 2. The molecule has 4 aromatic rings. The Labute approximate surface area is 188 Å². The molecule has 0 radical (unpaired) electrons. The van der Waals surface area contributed by atoms with Crippen LogP contribution in [0.3, 0.4) is 0 Å². The van der Waals surface area contributed by atoms with Gasteiger partial charge in [-0.15, -0.1) is 0 Å². The fraction of sp³-hybridized carbons (Fsp3) is 0.167. The summed E-state index contributed by atoms with van der Waals surface area (Å²) in [5, 5.41) is 3.64. The summed E-state index contributed by atoms with van der Waals surface area (Å²) in [5.41, 5.74) is 0.762. The molecule has 0 saturated carbocycles. The number of hydrogen-bond donors (Lipinski definition) is 2. The van der Waals surface area contributed by atoms with Crippen LogP contribution in [0, 0.1) is 6.92 Å². The number of carbonyl (C=O) groups excluding carboxylic acids is 1.